The van der Waals surface area contributed by atoms with Gasteiger partial charge in [-0.15, -0.1) is 0 Å². The Hall–Kier alpha value is -3.04. The summed E-state index contributed by atoms with van der Waals surface area (Å²) in [6.45, 7) is 3.83. The number of halogens is 1. The van der Waals surface area contributed by atoms with Crippen LogP contribution in [0.5, 0.6) is 23.0 Å². The topological polar surface area (TPSA) is 83.8 Å². The van der Waals surface area contributed by atoms with Crippen LogP contribution in [-0.2, 0) is 11.3 Å². The Labute approximate surface area is 201 Å². The fraction of sp³-hybridized carbons (Fsp3) is 0.304. The number of benzene rings is 2. The molecule has 0 spiro atoms. The van der Waals surface area contributed by atoms with Gasteiger partial charge in [0.2, 0.25) is 5.91 Å². The van der Waals surface area contributed by atoms with Gasteiger partial charge in [0.05, 0.1) is 42.6 Å². The van der Waals surface area contributed by atoms with Crippen molar-refractivity contribution in [3.63, 3.8) is 0 Å². The molecule has 0 saturated carbocycles. The Kier molecular flexibility index (Phi) is 7.20. The quantitative estimate of drug-likeness (QED) is 0.457. The monoisotopic (exact) mass is 489 g/mol. The fourth-order valence-electron chi connectivity index (χ4n) is 3.49. The van der Waals surface area contributed by atoms with E-state index in [1.165, 1.54) is 26.0 Å². The van der Waals surface area contributed by atoms with E-state index in [1.54, 1.807) is 12.1 Å². The molecule has 4 rings (SSSR count). The van der Waals surface area contributed by atoms with E-state index in [4.69, 9.17) is 30.5 Å². The normalized spacial score (nSPS) is 12.4. The van der Waals surface area contributed by atoms with Gasteiger partial charge in [0.25, 0.3) is 0 Å². The number of hydrogen-bond acceptors (Lipinski definition) is 7. The van der Waals surface area contributed by atoms with Crippen molar-refractivity contribution in [3.8, 4) is 34.3 Å². The summed E-state index contributed by atoms with van der Waals surface area (Å²) in [5.74, 6) is 2.35. The molecule has 1 aliphatic rings. The van der Waals surface area contributed by atoms with E-state index < -0.39 is 0 Å². The van der Waals surface area contributed by atoms with Crippen LogP contribution in [0, 0.1) is 0 Å². The van der Waals surface area contributed by atoms with E-state index in [9.17, 15) is 4.79 Å². The highest BCUT2D eigenvalue weighted by Crippen LogP contribution is 2.37. The molecule has 33 heavy (non-hydrogen) atoms. The van der Waals surface area contributed by atoms with E-state index in [2.05, 4.69) is 14.9 Å². The van der Waals surface area contributed by atoms with Crippen LogP contribution in [0.4, 0.5) is 5.69 Å². The molecule has 0 radical (unpaired) electrons. The molecule has 1 aliphatic heterocycles. The third-order valence-electron chi connectivity index (χ3n) is 5.05. The predicted octanol–water partition coefficient (Wildman–Crippen LogP) is 4.74. The number of fused-ring (bicyclic) bond motifs is 1. The van der Waals surface area contributed by atoms with Crippen molar-refractivity contribution in [1.82, 2.24) is 9.55 Å². The first-order chi connectivity index (χ1) is 16.0. The lowest BCUT2D eigenvalue weighted by Gasteiger charge is -2.19. The van der Waals surface area contributed by atoms with Crippen LogP contribution in [-0.4, -0.2) is 48.6 Å². The summed E-state index contributed by atoms with van der Waals surface area (Å²) in [6.07, 6.45) is 1.81. The summed E-state index contributed by atoms with van der Waals surface area (Å²) in [7, 11) is 3.03. The third-order valence-corrected chi connectivity index (χ3v) is 6.34. The number of imidazole rings is 1. The number of nitrogens with one attached hydrogen (secondary N) is 1. The Morgan fingerprint density at radius 1 is 1.15 bits per heavy atom. The number of carbonyl (C=O) groups excluding carboxylic acids is 1. The number of amides is 1. The molecule has 2 heterocycles. The van der Waals surface area contributed by atoms with Gasteiger partial charge in [-0.25, -0.2) is 4.98 Å². The van der Waals surface area contributed by atoms with E-state index in [1.807, 2.05) is 31.3 Å². The minimum Gasteiger partial charge on any atom is -0.495 e. The highest BCUT2D eigenvalue weighted by molar-refractivity contribution is 7.99. The molecule has 0 saturated heterocycles. The van der Waals surface area contributed by atoms with Crippen LogP contribution in [0.3, 0.4) is 0 Å². The first kappa shape index (κ1) is 23.1. The van der Waals surface area contributed by atoms with Gasteiger partial charge in [0.15, 0.2) is 16.7 Å². The molecule has 1 N–H and O–H groups in total. The Morgan fingerprint density at radius 3 is 2.64 bits per heavy atom. The van der Waals surface area contributed by atoms with E-state index in [0.29, 0.717) is 42.0 Å². The molecule has 10 heteroatoms. The lowest BCUT2D eigenvalue weighted by Crippen LogP contribution is -2.15. The molecule has 8 nitrogen and oxygen atoms in total. The lowest BCUT2D eigenvalue weighted by molar-refractivity contribution is -0.113. The highest BCUT2D eigenvalue weighted by Gasteiger charge is 2.18. The van der Waals surface area contributed by atoms with Crippen LogP contribution in [0.15, 0.2) is 41.7 Å². The molecule has 0 aliphatic carbocycles. The number of methoxy groups -OCH3 is 2. The second kappa shape index (κ2) is 10.3. The molecule has 0 atom stereocenters. The SMILES string of the molecule is CCn1c(-c2ccc3c(c2)OCCO3)cnc1SCC(=O)Nc1cc(OC)c(Cl)cc1OC. The van der Waals surface area contributed by atoms with Crippen molar-refractivity contribution < 1.29 is 23.7 Å². The number of hydrogen-bond donors (Lipinski definition) is 1. The second-order valence-corrected chi connectivity index (χ2v) is 8.40. The van der Waals surface area contributed by atoms with Gasteiger partial charge >= 0.3 is 0 Å². The fourth-order valence-corrected chi connectivity index (χ4v) is 4.56. The summed E-state index contributed by atoms with van der Waals surface area (Å²) >= 11 is 7.49. The summed E-state index contributed by atoms with van der Waals surface area (Å²) in [5.41, 5.74) is 2.41. The number of ether oxygens (including phenoxy) is 4. The zero-order valence-electron chi connectivity index (χ0n) is 18.5. The van der Waals surface area contributed by atoms with E-state index >= 15 is 0 Å². The molecule has 0 fully saturated rings. The number of carbonyl (C=O) groups is 1. The van der Waals surface area contributed by atoms with Gasteiger partial charge in [-0.3, -0.25) is 4.79 Å². The maximum absolute atomic E-state index is 12.6. The Bertz CT molecular complexity index is 1170. The standard InChI is InChI=1S/C23H24ClN3O5S/c1-4-27-17(14-5-6-18-21(9-14)32-8-7-31-18)12-25-23(27)33-13-22(28)26-16-11-19(29-2)15(24)10-20(16)30-3/h5-6,9-12H,4,7-8,13H2,1-3H3,(H,26,28). The minimum absolute atomic E-state index is 0.172. The van der Waals surface area contributed by atoms with Crippen LogP contribution < -0.4 is 24.3 Å². The van der Waals surface area contributed by atoms with Crippen molar-refractivity contribution in [3.05, 3.63) is 41.6 Å². The lowest BCUT2D eigenvalue weighted by atomic mass is 10.1. The zero-order valence-corrected chi connectivity index (χ0v) is 20.1. The molecule has 174 valence electrons. The predicted molar refractivity (Wildman–Crippen MR) is 128 cm³/mol. The summed E-state index contributed by atoms with van der Waals surface area (Å²) in [6, 6.07) is 9.09. The molecular weight excluding hydrogens is 466 g/mol. The molecule has 1 aromatic heterocycles. The summed E-state index contributed by atoms with van der Waals surface area (Å²) in [5, 5.41) is 4.00. The third kappa shape index (κ3) is 4.99. The minimum atomic E-state index is -0.200. The van der Waals surface area contributed by atoms with Crippen LogP contribution >= 0.6 is 23.4 Å². The molecule has 0 bridgehead atoms. The zero-order chi connectivity index (χ0) is 23.4. The van der Waals surface area contributed by atoms with E-state index in [-0.39, 0.29) is 11.7 Å². The second-order valence-electron chi connectivity index (χ2n) is 7.05. The maximum Gasteiger partial charge on any atom is 0.234 e. The number of thioether (sulfide) groups is 1. The Morgan fingerprint density at radius 2 is 1.91 bits per heavy atom. The maximum atomic E-state index is 12.6. The summed E-state index contributed by atoms with van der Waals surface area (Å²) < 4.78 is 23.9. The average molecular weight is 490 g/mol. The van der Waals surface area contributed by atoms with Crippen molar-refractivity contribution in [1.29, 1.82) is 0 Å². The first-order valence-corrected chi connectivity index (χ1v) is 11.7. The Balaban J connectivity index is 1.47. The first-order valence-electron chi connectivity index (χ1n) is 10.3. The van der Waals surface area contributed by atoms with Crippen molar-refractivity contribution in [2.45, 2.75) is 18.6 Å². The van der Waals surface area contributed by atoms with Crippen molar-refractivity contribution in [2.75, 3.05) is 38.5 Å². The van der Waals surface area contributed by atoms with Gasteiger partial charge in [-0.2, -0.15) is 0 Å². The number of nitrogens with zero attached hydrogens (tertiary/aromatic N) is 2. The van der Waals surface area contributed by atoms with Crippen molar-refractivity contribution in [2.24, 2.45) is 0 Å². The number of aromatic nitrogens is 2. The van der Waals surface area contributed by atoms with Crippen LogP contribution in [0.25, 0.3) is 11.3 Å². The van der Waals surface area contributed by atoms with Gasteiger partial charge in [0.1, 0.15) is 24.7 Å². The molecule has 2 aromatic carbocycles. The molecule has 3 aromatic rings. The van der Waals surface area contributed by atoms with Gasteiger partial charge < -0.3 is 28.8 Å². The molecule has 1 amide bonds. The van der Waals surface area contributed by atoms with Gasteiger partial charge in [0, 0.05) is 24.2 Å². The van der Waals surface area contributed by atoms with Crippen LogP contribution in [0.1, 0.15) is 6.92 Å². The van der Waals surface area contributed by atoms with Gasteiger partial charge in [-0.1, -0.05) is 23.4 Å². The number of anilines is 1. The van der Waals surface area contributed by atoms with Crippen LogP contribution in [0.2, 0.25) is 5.02 Å². The average Bonchev–Trinajstić information content (AvgIpc) is 3.26. The number of rotatable bonds is 8. The molecule has 0 unspecified atom stereocenters. The largest absolute Gasteiger partial charge is 0.495 e. The van der Waals surface area contributed by atoms with Gasteiger partial charge in [-0.05, 0) is 25.1 Å². The summed E-state index contributed by atoms with van der Waals surface area (Å²) in [4.78, 5) is 17.2. The van der Waals surface area contributed by atoms with Crippen molar-refractivity contribution >= 4 is 35.0 Å². The smallest absolute Gasteiger partial charge is 0.234 e. The molecular formula is C23H24ClN3O5S. The highest BCUT2D eigenvalue weighted by atomic mass is 35.5. The van der Waals surface area contributed by atoms with E-state index in [0.717, 1.165) is 27.9 Å².